The largest absolute Gasteiger partial charge is 0.256 e. The Labute approximate surface area is 45.6 Å². The van der Waals surface area contributed by atoms with Gasteiger partial charge in [0, 0.05) is 6.54 Å². The van der Waals surface area contributed by atoms with Gasteiger partial charge in [0.15, 0.2) is 0 Å². The Morgan fingerprint density at radius 3 is 2.43 bits per heavy atom. The van der Waals surface area contributed by atoms with E-state index in [4.69, 9.17) is 0 Å². The topological polar surface area (TPSA) is 29.1 Å². The molecule has 3 heteroatoms. The molecule has 0 unspecified atom stereocenters. The van der Waals surface area contributed by atoms with Gasteiger partial charge in [0.05, 0.1) is 0 Å². The number of rotatable bonds is 3. The second kappa shape index (κ2) is 4.23. The molecule has 0 fully saturated rings. The normalized spacial score (nSPS) is 10.7. The minimum absolute atomic E-state index is 0.0403. The lowest BCUT2D eigenvalue weighted by Crippen LogP contribution is -2.07. The van der Waals surface area contributed by atoms with Gasteiger partial charge >= 0.3 is 0 Å². The Morgan fingerprint density at radius 2 is 2.29 bits per heavy atom. The predicted molar refractivity (Wildman–Crippen MR) is 30.4 cm³/mol. The minimum atomic E-state index is 0.0403. The molecule has 0 aliphatic carbocycles. The molecular formula is C4H10NOP. The Hall–Kier alpha value is 0.0600. The van der Waals surface area contributed by atoms with Crippen LogP contribution in [0.15, 0.2) is 0 Å². The van der Waals surface area contributed by atoms with E-state index in [9.17, 15) is 4.57 Å². The van der Waals surface area contributed by atoms with Gasteiger partial charge in [0.1, 0.15) is 0 Å². The average Bonchev–Trinajstić information content (AvgIpc) is 1.61. The highest BCUT2D eigenvalue weighted by Crippen LogP contribution is 1.90. The van der Waals surface area contributed by atoms with Crippen LogP contribution in [0.4, 0.5) is 0 Å². The van der Waals surface area contributed by atoms with Gasteiger partial charge in [-0.15, -0.1) is 0 Å². The lowest BCUT2D eigenvalue weighted by atomic mass is 10.2. The summed E-state index contributed by atoms with van der Waals surface area (Å²) in [7, 11) is 0.0403. The summed E-state index contributed by atoms with van der Waals surface area (Å²) in [4.78, 5) is 0. The standard InChI is InChI=1S/C4H10NOP/c1-4(2)3-5-7-6/h4H,3H2,1-2H3,(H,5,6). The quantitative estimate of drug-likeness (QED) is 0.569. The van der Waals surface area contributed by atoms with Crippen molar-refractivity contribution in [2.24, 2.45) is 5.92 Å². The molecular weight excluding hydrogens is 109 g/mol. The van der Waals surface area contributed by atoms with Crippen LogP contribution >= 0.6 is 8.61 Å². The molecule has 0 aliphatic heterocycles. The maximum Gasteiger partial charge on any atom is 0.245 e. The molecule has 0 bridgehead atoms. The van der Waals surface area contributed by atoms with Crippen molar-refractivity contribution in [1.29, 1.82) is 0 Å². The third kappa shape index (κ3) is 6.06. The highest BCUT2D eigenvalue weighted by Gasteiger charge is 1.88. The van der Waals surface area contributed by atoms with Crippen LogP contribution in [0.25, 0.3) is 0 Å². The van der Waals surface area contributed by atoms with E-state index in [0.717, 1.165) is 6.54 Å². The Bertz CT molecular complexity index is 55.7. The van der Waals surface area contributed by atoms with Crippen molar-refractivity contribution in [2.75, 3.05) is 6.54 Å². The molecule has 0 atom stereocenters. The van der Waals surface area contributed by atoms with Crippen molar-refractivity contribution in [3.05, 3.63) is 0 Å². The molecule has 0 heterocycles. The van der Waals surface area contributed by atoms with Gasteiger partial charge in [-0.1, -0.05) is 13.8 Å². The van der Waals surface area contributed by atoms with E-state index in [1.807, 2.05) is 0 Å². The van der Waals surface area contributed by atoms with Gasteiger partial charge < -0.3 is 0 Å². The maximum absolute atomic E-state index is 9.70. The minimum Gasteiger partial charge on any atom is -0.256 e. The van der Waals surface area contributed by atoms with E-state index in [-0.39, 0.29) is 8.61 Å². The zero-order valence-corrected chi connectivity index (χ0v) is 5.53. The first-order valence-electron chi connectivity index (χ1n) is 2.32. The van der Waals surface area contributed by atoms with Gasteiger partial charge in [-0.25, -0.2) is 5.09 Å². The summed E-state index contributed by atoms with van der Waals surface area (Å²) in [6.45, 7) is 4.96. The van der Waals surface area contributed by atoms with E-state index in [1.165, 1.54) is 0 Å². The first kappa shape index (κ1) is 7.06. The van der Waals surface area contributed by atoms with Crippen molar-refractivity contribution in [3.63, 3.8) is 0 Å². The van der Waals surface area contributed by atoms with Crippen molar-refractivity contribution in [2.45, 2.75) is 13.8 Å². The molecule has 0 saturated carbocycles. The monoisotopic (exact) mass is 119 g/mol. The summed E-state index contributed by atoms with van der Waals surface area (Å²) in [6.07, 6.45) is 0. The van der Waals surface area contributed by atoms with E-state index in [1.54, 1.807) is 0 Å². The molecule has 0 saturated heterocycles. The summed E-state index contributed by atoms with van der Waals surface area (Å²) < 4.78 is 9.70. The van der Waals surface area contributed by atoms with Crippen LogP contribution in [0, 0.1) is 5.92 Å². The molecule has 0 aliphatic rings. The molecule has 0 rings (SSSR count). The summed E-state index contributed by atoms with van der Waals surface area (Å²) in [5.74, 6) is 0.585. The number of nitrogens with one attached hydrogen (secondary N) is 1. The molecule has 1 N–H and O–H groups in total. The van der Waals surface area contributed by atoms with Crippen molar-refractivity contribution in [3.8, 4) is 0 Å². The summed E-state index contributed by atoms with van der Waals surface area (Å²) in [5.41, 5.74) is 0. The zero-order chi connectivity index (χ0) is 5.70. The van der Waals surface area contributed by atoms with Crippen LogP contribution in [0.3, 0.4) is 0 Å². The van der Waals surface area contributed by atoms with Gasteiger partial charge in [0.25, 0.3) is 0 Å². The molecule has 0 aromatic rings. The van der Waals surface area contributed by atoms with Crippen molar-refractivity contribution in [1.82, 2.24) is 5.09 Å². The van der Waals surface area contributed by atoms with Crippen molar-refractivity contribution >= 4 is 8.61 Å². The molecule has 2 nitrogen and oxygen atoms in total. The molecule has 0 spiro atoms. The number of hydrogen-bond acceptors (Lipinski definition) is 1. The fraction of sp³-hybridized carbons (Fsp3) is 1.00. The molecule has 0 aromatic carbocycles. The van der Waals surface area contributed by atoms with Crippen LogP contribution < -0.4 is 5.09 Å². The maximum atomic E-state index is 9.70. The highest BCUT2D eigenvalue weighted by atomic mass is 31.1. The third-order valence-electron chi connectivity index (χ3n) is 0.564. The van der Waals surface area contributed by atoms with Crippen LogP contribution in [0.5, 0.6) is 0 Å². The van der Waals surface area contributed by atoms with E-state index in [0.29, 0.717) is 5.92 Å². The lowest BCUT2D eigenvalue weighted by Gasteiger charge is -1.96. The highest BCUT2D eigenvalue weighted by molar-refractivity contribution is 7.21. The Morgan fingerprint density at radius 1 is 1.71 bits per heavy atom. The van der Waals surface area contributed by atoms with E-state index >= 15 is 0 Å². The first-order chi connectivity index (χ1) is 3.27. The summed E-state index contributed by atoms with van der Waals surface area (Å²) in [5, 5.41) is 2.66. The predicted octanol–water partition coefficient (Wildman–Crippen LogP) is 1.44. The molecule has 7 heavy (non-hydrogen) atoms. The van der Waals surface area contributed by atoms with Gasteiger partial charge in [0.2, 0.25) is 8.61 Å². The Kier molecular flexibility index (Phi) is 4.26. The summed E-state index contributed by atoms with van der Waals surface area (Å²) in [6, 6.07) is 0. The van der Waals surface area contributed by atoms with Crippen LogP contribution in [-0.4, -0.2) is 6.54 Å². The lowest BCUT2D eigenvalue weighted by molar-refractivity contribution is 0.576. The molecule has 42 valence electrons. The van der Waals surface area contributed by atoms with Gasteiger partial charge in [-0.3, -0.25) is 4.57 Å². The fourth-order valence-electron chi connectivity index (χ4n) is 0.220. The van der Waals surface area contributed by atoms with Gasteiger partial charge in [-0.05, 0) is 5.92 Å². The first-order valence-corrected chi connectivity index (χ1v) is 3.14. The van der Waals surface area contributed by atoms with Crippen LogP contribution in [0.1, 0.15) is 13.8 Å². The van der Waals surface area contributed by atoms with Crippen LogP contribution in [0.2, 0.25) is 0 Å². The van der Waals surface area contributed by atoms with E-state index < -0.39 is 0 Å². The van der Waals surface area contributed by atoms with Crippen molar-refractivity contribution < 1.29 is 4.57 Å². The second-order valence-corrected chi connectivity index (χ2v) is 2.35. The number of hydrogen-bond donors (Lipinski definition) is 1. The van der Waals surface area contributed by atoms with Gasteiger partial charge in [-0.2, -0.15) is 0 Å². The average molecular weight is 119 g/mol. The SMILES string of the molecule is CC(C)CNP=O. The summed E-state index contributed by atoms with van der Waals surface area (Å²) >= 11 is 0. The van der Waals surface area contributed by atoms with E-state index in [2.05, 4.69) is 18.9 Å². The zero-order valence-electron chi connectivity index (χ0n) is 4.64. The molecule has 0 aromatic heterocycles. The van der Waals surface area contributed by atoms with Crippen LogP contribution in [-0.2, 0) is 4.57 Å². The molecule has 0 radical (unpaired) electrons. The smallest absolute Gasteiger partial charge is 0.245 e. The second-order valence-electron chi connectivity index (χ2n) is 1.85. The fourth-order valence-corrected chi connectivity index (χ4v) is 0.660. The third-order valence-corrected chi connectivity index (χ3v) is 0.876. The Balaban J connectivity index is 2.81. The molecule has 0 amide bonds.